The van der Waals surface area contributed by atoms with E-state index < -0.39 is 10.8 Å². The average molecular weight is 310 g/mol. The number of hydrogen-bond acceptors (Lipinski definition) is 6. The molecule has 3 rings (SSSR count). The van der Waals surface area contributed by atoms with Crippen molar-refractivity contribution in [2.24, 2.45) is 0 Å². The first kappa shape index (κ1) is 14.3. The molecule has 23 heavy (non-hydrogen) atoms. The third-order valence-corrected chi connectivity index (χ3v) is 3.06. The zero-order chi connectivity index (χ0) is 16.2. The molecular formula is C14H10N6O3. The van der Waals surface area contributed by atoms with E-state index in [2.05, 4.69) is 20.8 Å². The van der Waals surface area contributed by atoms with E-state index in [1.54, 1.807) is 24.3 Å². The highest BCUT2D eigenvalue weighted by atomic mass is 16.6. The fraction of sp³-hybridized carbons (Fsp3) is 0. The minimum atomic E-state index is -0.544. The standard InChI is InChI=1S/C14H10N6O3/c21-14(10-2-1-3-13(8-10)20(22)23)16-11-4-6-12(7-5-11)19-9-15-17-18-19/h1-9H,(H,16,21). The average Bonchev–Trinajstić information content (AvgIpc) is 3.10. The van der Waals surface area contributed by atoms with E-state index in [0.717, 1.165) is 5.69 Å². The first-order valence-corrected chi connectivity index (χ1v) is 6.53. The van der Waals surface area contributed by atoms with Crippen LogP contribution < -0.4 is 5.32 Å². The number of carbonyl (C=O) groups excluding carboxylic acids is 1. The van der Waals surface area contributed by atoms with Crippen molar-refractivity contribution < 1.29 is 9.72 Å². The monoisotopic (exact) mass is 310 g/mol. The largest absolute Gasteiger partial charge is 0.322 e. The van der Waals surface area contributed by atoms with Gasteiger partial charge in [0.2, 0.25) is 0 Å². The lowest BCUT2D eigenvalue weighted by Crippen LogP contribution is -2.12. The van der Waals surface area contributed by atoms with Crippen LogP contribution in [0.1, 0.15) is 10.4 Å². The Morgan fingerprint density at radius 1 is 1.17 bits per heavy atom. The zero-order valence-electron chi connectivity index (χ0n) is 11.7. The molecule has 0 radical (unpaired) electrons. The summed E-state index contributed by atoms with van der Waals surface area (Å²) in [6, 6.07) is 12.4. The first-order valence-electron chi connectivity index (χ1n) is 6.53. The van der Waals surface area contributed by atoms with Gasteiger partial charge >= 0.3 is 0 Å². The minimum Gasteiger partial charge on any atom is -0.322 e. The molecule has 0 unspecified atom stereocenters. The van der Waals surface area contributed by atoms with Gasteiger partial charge in [0.15, 0.2) is 0 Å². The number of nitrogens with zero attached hydrogens (tertiary/aromatic N) is 5. The van der Waals surface area contributed by atoms with E-state index in [0.29, 0.717) is 5.69 Å². The van der Waals surface area contributed by atoms with Gasteiger partial charge < -0.3 is 5.32 Å². The predicted molar refractivity (Wildman–Crippen MR) is 80.2 cm³/mol. The van der Waals surface area contributed by atoms with Crippen LogP contribution in [0.5, 0.6) is 0 Å². The van der Waals surface area contributed by atoms with E-state index in [9.17, 15) is 14.9 Å². The van der Waals surface area contributed by atoms with Crippen LogP contribution in [-0.2, 0) is 0 Å². The molecule has 0 saturated carbocycles. The molecule has 9 heteroatoms. The van der Waals surface area contributed by atoms with Gasteiger partial charge in [0.05, 0.1) is 10.6 Å². The lowest BCUT2D eigenvalue weighted by Gasteiger charge is -2.06. The summed E-state index contributed by atoms with van der Waals surface area (Å²) in [6.07, 6.45) is 1.46. The van der Waals surface area contributed by atoms with Gasteiger partial charge in [-0.05, 0) is 40.8 Å². The lowest BCUT2D eigenvalue weighted by atomic mass is 10.2. The number of nitro benzene ring substituents is 1. The summed E-state index contributed by atoms with van der Waals surface area (Å²) in [6.45, 7) is 0. The second kappa shape index (κ2) is 6.02. The maximum Gasteiger partial charge on any atom is 0.270 e. The van der Waals surface area contributed by atoms with E-state index in [4.69, 9.17) is 0 Å². The van der Waals surface area contributed by atoms with Crippen LogP contribution in [0.4, 0.5) is 11.4 Å². The molecule has 0 saturated heterocycles. The molecule has 114 valence electrons. The van der Waals surface area contributed by atoms with Crippen LogP contribution in [0.15, 0.2) is 54.9 Å². The van der Waals surface area contributed by atoms with E-state index >= 15 is 0 Å². The fourth-order valence-electron chi connectivity index (χ4n) is 1.94. The van der Waals surface area contributed by atoms with Crippen LogP contribution in [0.3, 0.4) is 0 Å². The van der Waals surface area contributed by atoms with Crippen molar-refractivity contribution in [2.45, 2.75) is 0 Å². The minimum absolute atomic E-state index is 0.133. The summed E-state index contributed by atoms with van der Waals surface area (Å²) in [7, 11) is 0. The molecule has 0 spiro atoms. The number of carbonyl (C=O) groups is 1. The molecule has 1 heterocycles. The quantitative estimate of drug-likeness (QED) is 0.580. The number of nitrogens with one attached hydrogen (secondary N) is 1. The Morgan fingerprint density at radius 3 is 2.61 bits per heavy atom. The second-order valence-corrected chi connectivity index (χ2v) is 4.56. The molecule has 9 nitrogen and oxygen atoms in total. The van der Waals surface area contributed by atoms with Crippen LogP contribution in [0.25, 0.3) is 5.69 Å². The van der Waals surface area contributed by atoms with Crippen molar-refractivity contribution in [3.63, 3.8) is 0 Å². The van der Waals surface area contributed by atoms with Crippen LogP contribution in [-0.4, -0.2) is 31.0 Å². The summed E-state index contributed by atoms with van der Waals surface area (Å²) in [5, 5.41) is 24.2. The topological polar surface area (TPSA) is 116 Å². The van der Waals surface area contributed by atoms with Crippen LogP contribution >= 0.6 is 0 Å². The van der Waals surface area contributed by atoms with Crippen molar-refractivity contribution in [3.05, 3.63) is 70.5 Å². The zero-order valence-corrected chi connectivity index (χ0v) is 11.7. The number of anilines is 1. The van der Waals surface area contributed by atoms with Gasteiger partial charge in [-0.2, -0.15) is 0 Å². The molecule has 2 aromatic carbocycles. The smallest absolute Gasteiger partial charge is 0.270 e. The second-order valence-electron chi connectivity index (χ2n) is 4.56. The van der Waals surface area contributed by atoms with E-state index in [-0.39, 0.29) is 11.3 Å². The molecule has 0 aliphatic carbocycles. The van der Waals surface area contributed by atoms with Crippen molar-refractivity contribution in [1.82, 2.24) is 20.2 Å². The molecule has 1 amide bonds. The normalized spacial score (nSPS) is 10.3. The predicted octanol–water partition coefficient (Wildman–Crippen LogP) is 1.82. The molecule has 3 aromatic rings. The third-order valence-electron chi connectivity index (χ3n) is 3.06. The number of benzene rings is 2. The van der Waals surface area contributed by atoms with Gasteiger partial charge in [0.25, 0.3) is 11.6 Å². The number of non-ortho nitro benzene ring substituents is 1. The van der Waals surface area contributed by atoms with Crippen LogP contribution in [0, 0.1) is 10.1 Å². The molecule has 0 aliphatic heterocycles. The Kier molecular flexibility index (Phi) is 3.75. The highest BCUT2D eigenvalue weighted by molar-refractivity contribution is 6.04. The molecule has 0 aliphatic rings. The van der Waals surface area contributed by atoms with E-state index in [1.165, 1.54) is 35.3 Å². The van der Waals surface area contributed by atoms with Crippen molar-refractivity contribution in [3.8, 4) is 5.69 Å². The Labute approximate surface area is 129 Å². The number of nitro groups is 1. The number of tetrazole rings is 1. The van der Waals surface area contributed by atoms with Crippen molar-refractivity contribution in [1.29, 1.82) is 0 Å². The summed E-state index contributed by atoms with van der Waals surface area (Å²) >= 11 is 0. The molecule has 1 aromatic heterocycles. The molecular weight excluding hydrogens is 300 g/mol. The fourth-order valence-corrected chi connectivity index (χ4v) is 1.94. The maximum atomic E-state index is 12.1. The Balaban J connectivity index is 1.75. The van der Waals surface area contributed by atoms with Gasteiger partial charge in [0, 0.05) is 23.4 Å². The van der Waals surface area contributed by atoms with Crippen LogP contribution in [0.2, 0.25) is 0 Å². The number of hydrogen-bond donors (Lipinski definition) is 1. The number of aromatic nitrogens is 4. The van der Waals surface area contributed by atoms with Crippen molar-refractivity contribution in [2.75, 3.05) is 5.32 Å². The third kappa shape index (κ3) is 3.18. The van der Waals surface area contributed by atoms with Crippen molar-refractivity contribution >= 4 is 17.3 Å². The summed E-state index contributed by atoms with van der Waals surface area (Å²) in [5.41, 5.74) is 1.37. The first-order chi connectivity index (χ1) is 11.1. The number of amides is 1. The highest BCUT2D eigenvalue weighted by Crippen LogP contribution is 2.16. The molecule has 0 atom stereocenters. The summed E-state index contributed by atoms with van der Waals surface area (Å²) in [4.78, 5) is 22.3. The van der Waals surface area contributed by atoms with Gasteiger partial charge in [0.1, 0.15) is 6.33 Å². The summed E-state index contributed by atoms with van der Waals surface area (Å²) in [5.74, 6) is -0.427. The Bertz CT molecular complexity index is 845. The van der Waals surface area contributed by atoms with Gasteiger partial charge in [-0.25, -0.2) is 4.68 Å². The molecule has 0 bridgehead atoms. The maximum absolute atomic E-state index is 12.1. The Hall–Kier alpha value is -3.62. The summed E-state index contributed by atoms with van der Waals surface area (Å²) < 4.78 is 1.48. The molecule has 1 N–H and O–H groups in total. The van der Waals surface area contributed by atoms with Gasteiger partial charge in [-0.15, -0.1) is 5.10 Å². The Morgan fingerprint density at radius 2 is 1.96 bits per heavy atom. The SMILES string of the molecule is O=C(Nc1ccc(-n2cnnn2)cc1)c1cccc([N+](=O)[O-])c1. The lowest BCUT2D eigenvalue weighted by molar-refractivity contribution is -0.384. The number of rotatable bonds is 4. The van der Waals surface area contributed by atoms with Gasteiger partial charge in [-0.1, -0.05) is 6.07 Å². The van der Waals surface area contributed by atoms with Gasteiger partial charge in [-0.3, -0.25) is 14.9 Å². The van der Waals surface area contributed by atoms with E-state index in [1.807, 2.05) is 0 Å². The molecule has 0 fully saturated rings. The highest BCUT2D eigenvalue weighted by Gasteiger charge is 2.11.